The molecule has 0 aliphatic heterocycles. The van der Waals surface area contributed by atoms with Gasteiger partial charge >= 0.3 is 5.97 Å². The molecule has 0 radical (unpaired) electrons. The Labute approximate surface area is 113 Å². The molecule has 0 unspecified atom stereocenters. The summed E-state index contributed by atoms with van der Waals surface area (Å²) in [5, 5.41) is 9.02. The van der Waals surface area contributed by atoms with E-state index in [2.05, 4.69) is 20.9 Å². The van der Waals surface area contributed by atoms with Gasteiger partial charge in [0.05, 0.1) is 6.42 Å². The Hall–Kier alpha value is -0.310. The number of hydrogen-bond donors (Lipinski definition) is 1. The Morgan fingerprint density at radius 1 is 1.56 bits per heavy atom. The molecule has 88 valence electrons. The molecule has 0 atom stereocenters. The van der Waals surface area contributed by atoms with E-state index in [1.165, 1.54) is 6.20 Å². The third-order valence-corrected chi connectivity index (χ3v) is 3.44. The van der Waals surface area contributed by atoms with Gasteiger partial charge in [-0.1, -0.05) is 15.9 Å². The van der Waals surface area contributed by atoms with Gasteiger partial charge in [0.15, 0.2) is 0 Å². The maximum absolute atomic E-state index is 12.7. The van der Waals surface area contributed by atoms with Gasteiger partial charge in [-0.15, -0.1) is 0 Å². The van der Waals surface area contributed by atoms with E-state index < -0.39 is 24.5 Å². The van der Waals surface area contributed by atoms with Crippen LogP contribution in [0.4, 0.5) is 8.78 Å². The second-order valence-electron chi connectivity index (χ2n) is 2.95. The minimum Gasteiger partial charge on any atom is -0.481 e. The molecular weight excluding hydrogens is 399 g/mol. The van der Waals surface area contributed by atoms with Crippen molar-refractivity contribution in [3.05, 3.63) is 26.6 Å². The van der Waals surface area contributed by atoms with Gasteiger partial charge in [0, 0.05) is 15.1 Å². The number of carboxylic acid groups (broad SMARTS) is 1. The Morgan fingerprint density at radius 2 is 2.19 bits per heavy atom. The lowest BCUT2D eigenvalue weighted by molar-refractivity contribution is -0.136. The zero-order chi connectivity index (χ0) is 12.3. The normalized spacial score (nSPS) is 10.8. The van der Waals surface area contributed by atoms with Crippen LogP contribution in [0.15, 0.2) is 6.20 Å². The van der Waals surface area contributed by atoms with E-state index in [1.54, 1.807) is 0 Å². The highest BCUT2D eigenvalue weighted by atomic mass is 127. The van der Waals surface area contributed by atoms with Gasteiger partial charge < -0.3 is 5.11 Å². The van der Waals surface area contributed by atoms with Crippen molar-refractivity contribution < 1.29 is 18.7 Å². The molecule has 1 aromatic rings. The smallest absolute Gasteiger partial charge is 0.307 e. The molecule has 0 saturated heterocycles. The fraction of sp³-hybridized carbons (Fsp3) is 0.333. The molecule has 0 aromatic carbocycles. The van der Waals surface area contributed by atoms with Crippen LogP contribution in [0, 0.1) is 3.57 Å². The molecule has 16 heavy (non-hydrogen) atoms. The Balaban J connectivity index is 3.34. The van der Waals surface area contributed by atoms with Crippen LogP contribution >= 0.6 is 38.5 Å². The number of carbonyl (C=O) groups is 1. The second-order valence-corrected chi connectivity index (χ2v) is 4.68. The summed E-state index contributed by atoms with van der Waals surface area (Å²) in [6.07, 6.45) is -1.88. The lowest BCUT2D eigenvalue weighted by Gasteiger charge is -2.12. The molecule has 1 rings (SSSR count). The summed E-state index contributed by atoms with van der Waals surface area (Å²) in [5.74, 6) is -1.15. The summed E-state index contributed by atoms with van der Waals surface area (Å²) in [4.78, 5) is 14.2. The minimum atomic E-state index is -2.76. The summed E-state index contributed by atoms with van der Waals surface area (Å²) < 4.78 is 26.0. The molecular formula is C9H7BrF2INO2. The molecule has 0 spiro atoms. The molecule has 1 heterocycles. The fourth-order valence-corrected chi connectivity index (χ4v) is 3.08. The van der Waals surface area contributed by atoms with Crippen LogP contribution in [0.1, 0.15) is 23.2 Å². The average molecular weight is 406 g/mol. The number of alkyl halides is 3. The van der Waals surface area contributed by atoms with Crippen molar-refractivity contribution in [2.45, 2.75) is 18.2 Å². The number of carboxylic acids is 1. The zero-order valence-corrected chi connectivity index (χ0v) is 11.6. The monoisotopic (exact) mass is 405 g/mol. The first-order valence-electron chi connectivity index (χ1n) is 4.19. The Bertz CT molecular complexity index is 415. The summed E-state index contributed by atoms with van der Waals surface area (Å²) in [6.45, 7) is 0. The molecule has 0 amide bonds. The number of hydrogen-bond acceptors (Lipinski definition) is 2. The largest absolute Gasteiger partial charge is 0.481 e. The first-order valence-corrected chi connectivity index (χ1v) is 6.39. The van der Waals surface area contributed by atoms with Crippen molar-refractivity contribution in [3.63, 3.8) is 0 Å². The van der Waals surface area contributed by atoms with E-state index in [0.717, 1.165) is 0 Å². The maximum Gasteiger partial charge on any atom is 0.307 e. The number of nitrogens with zero attached hydrogens (tertiary/aromatic N) is 1. The molecule has 0 aliphatic rings. The van der Waals surface area contributed by atoms with Crippen molar-refractivity contribution in [2.24, 2.45) is 0 Å². The van der Waals surface area contributed by atoms with Crippen LogP contribution in [0.3, 0.4) is 0 Å². The van der Waals surface area contributed by atoms with E-state index >= 15 is 0 Å². The third kappa shape index (κ3) is 3.09. The molecule has 7 heteroatoms. The number of aromatic nitrogens is 1. The second kappa shape index (κ2) is 5.85. The van der Waals surface area contributed by atoms with E-state index in [-0.39, 0.29) is 5.56 Å². The minimum absolute atomic E-state index is 0.103. The average Bonchev–Trinajstić information content (AvgIpc) is 2.16. The van der Waals surface area contributed by atoms with E-state index in [9.17, 15) is 13.6 Å². The first-order chi connectivity index (χ1) is 7.47. The maximum atomic E-state index is 12.7. The van der Waals surface area contributed by atoms with Crippen molar-refractivity contribution in [1.29, 1.82) is 0 Å². The first kappa shape index (κ1) is 13.8. The van der Waals surface area contributed by atoms with Crippen molar-refractivity contribution >= 4 is 44.5 Å². The van der Waals surface area contributed by atoms with Crippen molar-refractivity contribution in [2.75, 3.05) is 0 Å². The number of rotatable bonds is 4. The molecule has 1 aromatic heterocycles. The van der Waals surface area contributed by atoms with Gasteiger partial charge in [-0.3, -0.25) is 9.78 Å². The van der Waals surface area contributed by atoms with Crippen molar-refractivity contribution in [1.82, 2.24) is 4.98 Å². The number of halogens is 4. The summed E-state index contributed by atoms with van der Waals surface area (Å²) in [5.41, 5.74) is 0.219. The van der Waals surface area contributed by atoms with E-state index in [0.29, 0.717) is 14.5 Å². The highest BCUT2D eigenvalue weighted by Gasteiger charge is 2.21. The van der Waals surface area contributed by atoms with Gasteiger partial charge in [-0.25, -0.2) is 8.78 Å². The molecule has 0 aliphatic carbocycles. The van der Waals surface area contributed by atoms with E-state index in [4.69, 9.17) is 5.11 Å². The van der Waals surface area contributed by atoms with E-state index in [1.807, 2.05) is 22.6 Å². The number of aliphatic carboxylic acids is 1. The fourth-order valence-electron chi connectivity index (χ4n) is 1.26. The van der Waals surface area contributed by atoms with Crippen LogP contribution < -0.4 is 0 Å². The summed E-state index contributed by atoms with van der Waals surface area (Å²) in [6, 6.07) is 0. The van der Waals surface area contributed by atoms with Crippen LogP contribution in [0.25, 0.3) is 0 Å². The predicted molar refractivity (Wildman–Crippen MR) is 65.9 cm³/mol. The number of pyridine rings is 1. The molecule has 3 nitrogen and oxygen atoms in total. The van der Waals surface area contributed by atoms with Gasteiger partial charge in [-0.2, -0.15) is 0 Å². The molecule has 0 bridgehead atoms. The van der Waals surface area contributed by atoms with Crippen molar-refractivity contribution in [3.8, 4) is 0 Å². The lowest BCUT2D eigenvalue weighted by Crippen LogP contribution is -2.10. The molecule has 0 fully saturated rings. The molecule has 0 saturated carbocycles. The highest BCUT2D eigenvalue weighted by molar-refractivity contribution is 14.1. The highest BCUT2D eigenvalue weighted by Crippen LogP contribution is 2.28. The van der Waals surface area contributed by atoms with Crippen LogP contribution in [0.2, 0.25) is 0 Å². The standard InChI is InChI=1S/C9H7BrF2INO2/c10-2-5-4(1-7(15)16)8(9(11)12)14-3-6(5)13/h3,9H,1-2H2,(H,15,16). The van der Waals surface area contributed by atoms with Gasteiger partial charge in [0.1, 0.15) is 5.69 Å². The quantitative estimate of drug-likeness (QED) is 0.618. The zero-order valence-electron chi connectivity index (χ0n) is 7.88. The summed E-state index contributed by atoms with van der Waals surface area (Å²) >= 11 is 5.10. The summed E-state index contributed by atoms with van der Waals surface area (Å²) in [7, 11) is 0. The third-order valence-electron chi connectivity index (χ3n) is 1.95. The van der Waals surface area contributed by atoms with Crippen LogP contribution in [-0.2, 0) is 16.5 Å². The lowest BCUT2D eigenvalue weighted by atomic mass is 10.0. The topological polar surface area (TPSA) is 50.2 Å². The van der Waals surface area contributed by atoms with Gasteiger partial charge in [0.25, 0.3) is 6.43 Å². The Kier molecular flexibility index (Phi) is 5.03. The Morgan fingerprint density at radius 3 is 2.62 bits per heavy atom. The van der Waals surface area contributed by atoms with Gasteiger partial charge in [-0.05, 0) is 33.7 Å². The molecule has 1 N–H and O–H groups in total. The predicted octanol–water partition coefficient (Wildman–Crippen LogP) is 3.15. The van der Waals surface area contributed by atoms with Gasteiger partial charge in [0.2, 0.25) is 0 Å². The SMILES string of the molecule is O=C(O)Cc1c(C(F)F)ncc(I)c1CBr. The van der Waals surface area contributed by atoms with Crippen LogP contribution in [0.5, 0.6) is 0 Å². The van der Waals surface area contributed by atoms with Crippen LogP contribution in [-0.4, -0.2) is 16.1 Å².